The Hall–Kier alpha value is -1.55. The highest BCUT2D eigenvalue weighted by atomic mass is 127. The van der Waals surface area contributed by atoms with Crippen molar-refractivity contribution in [3.8, 4) is 0 Å². The average Bonchev–Trinajstić information content (AvgIpc) is 2.96. The lowest BCUT2D eigenvalue weighted by molar-refractivity contribution is -0.133. The van der Waals surface area contributed by atoms with Crippen LogP contribution in [-0.2, 0) is 0 Å². The van der Waals surface area contributed by atoms with Crippen LogP contribution < -0.4 is 4.90 Å². The fourth-order valence-corrected chi connectivity index (χ4v) is 4.15. The number of halogens is 4. The van der Waals surface area contributed by atoms with Gasteiger partial charge in [0, 0.05) is 26.6 Å². The summed E-state index contributed by atoms with van der Waals surface area (Å²) < 4.78 is 39.4. The second-order valence-corrected chi connectivity index (χ2v) is 8.22. The number of thioether (sulfide) groups is 1. The molecule has 136 valence electrons. The van der Waals surface area contributed by atoms with Crippen molar-refractivity contribution in [2.45, 2.75) is 17.8 Å². The van der Waals surface area contributed by atoms with Crippen molar-refractivity contribution in [2.75, 3.05) is 11.4 Å². The summed E-state index contributed by atoms with van der Waals surface area (Å²) in [5, 5.41) is -0.396. The minimum absolute atomic E-state index is 0.160. The lowest BCUT2D eigenvalue weighted by Crippen LogP contribution is -2.27. The first-order valence-electron chi connectivity index (χ1n) is 7.76. The van der Waals surface area contributed by atoms with Gasteiger partial charge in [-0.25, -0.2) is 0 Å². The maximum Gasteiger partial charge on any atom is 0.390 e. The molecule has 0 N–H and O–H groups in total. The van der Waals surface area contributed by atoms with E-state index >= 15 is 0 Å². The molecule has 0 aromatic heterocycles. The molecular weight excluding hydrogens is 476 g/mol. The van der Waals surface area contributed by atoms with E-state index in [1.165, 1.54) is 0 Å². The number of carbonyl (C=O) groups excluding carboxylic acids is 1. The van der Waals surface area contributed by atoms with E-state index in [-0.39, 0.29) is 6.54 Å². The molecule has 1 heterocycles. The van der Waals surface area contributed by atoms with E-state index in [1.54, 1.807) is 53.4 Å². The van der Waals surface area contributed by atoms with E-state index < -0.39 is 23.8 Å². The van der Waals surface area contributed by atoms with Gasteiger partial charge in [0.25, 0.3) is 5.91 Å². The molecule has 3 rings (SSSR count). The zero-order chi connectivity index (χ0) is 18.7. The van der Waals surface area contributed by atoms with E-state index in [1.807, 2.05) is 6.07 Å². The monoisotopic (exact) mass is 490 g/mol. The molecule has 1 fully saturated rings. The molecule has 8 heteroatoms. The number of rotatable bonds is 3. The average molecular weight is 490 g/mol. The van der Waals surface area contributed by atoms with Crippen molar-refractivity contribution < 1.29 is 18.0 Å². The van der Waals surface area contributed by atoms with Crippen molar-refractivity contribution in [3.05, 3.63) is 63.7 Å². The van der Waals surface area contributed by atoms with Crippen molar-refractivity contribution in [3.63, 3.8) is 0 Å². The fraction of sp³-hybridized carbons (Fsp3) is 0.222. The van der Waals surface area contributed by atoms with Crippen LogP contribution in [0, 0.1) is 3.57 Å². The topological polar surface area (TPSA) is 32.7 Å². The summed E-state index contributed by atoms with van der Waals surface area (Å²) in [4.78, 5) is 18.2. The van der Waals surface area contributed by atoms with Gasteiger partial charge < -0.3 is 4.90 Å². The summed E-state index contributed by atoms with van der Waals surface area (Å²) in [6, 6.07) is 15.9. The summed E-state index contributed by atoms with van der Waals surface area (Å²) >= 11 is 3.13. The molecule has 1 amide bonds. The van der Waals surface area contributed by atoms with Crippen LogP contribution in [-0.4, -0.2) is 29.0 Å². The quantitative estimate of drug-likeness (QED) is 0.544. The van der Waals surface area contributed by atoms with Gasteiger partial charge in [0.1, 0.15) is 0 Å². The number of hydrogen-bond donors (Lipinski definition) is 0. The molecule has 26 heavy (non-hydrogen) atoms. The SMILES string of the molecule is O=C(N=C1SC(CC(F)(F)F)CN1c1ccccc1)c1ccc(I)cc1. The standard InChI is InChI=1S/C18H14F3IN2OS/c19-18(20,21)10-15-11-24(14-4-2-1-3-5-14)17(26-15)23-16(25)12-6-8-13(22)9-7-12/h1-9,15H,10-11H2. The Balaban J connectivity index is 1.87. The van der Waals surface area contributed by atoms with Gasteiger partial charge in [-0.15, -0.1) is 0 Å². The maximum absolute atomic E-state index is 12.8. The second kappa shape index (κ2) is 7.99. The van der Waals surface area contributed by atoms with Crippen molar-refractivity contribution in [2.24, 2.45) is 4.99 Å². The number of nitrogens with zero attached hydrogens (tertiary/aromatic N) is 2. The number of alkyl halides is 3. The van der Waals surface area contributed by atoms with Gasteiger partial charge in [-0.2, -0.15) is 18.2 Å². The first-order valence-corrected chi connectivity index (χ1v) is 9.72. The predicted octanol–water partition coefficient (Wildman–Crippen LogP) is 5.36. The highest BCUT2D eigenvalue weighted by Gasteiger charge is 2.39. The molecule has 1 aliphatic rings. The number of carbonyl (C=O) groups is 1. The first kappa shape index (κ1) is 19.2. The van der Waals surface area contributed by atoms with E-state index in [9.17, 15) is 18.0 Å². The third kappa shape index (κ3) is 5.00. The Morgan fingerprint density at radius 2 is 1.81 bits per heavy atom. The number of amides is 1. The number of benzene rings is 2. The van der Waals surface area contributed by atoms with Crippen molar-refractivity contribution >= 4 is 51.1 Å². The summed E-state index contributed by atoms with van der Waals surface area (Å²) in [5.74, 6) is -0.461. The van der Waals surface area contributed by atoms with Gasteiger partial charge in [-0.1, -0.05) is 30.0 Å². The lowest BCUT2D eigenvalue weighted by atomic mass is 10.2. The molecule has 0 radical (unpaired) electrons. The number of para-hydroxylation sites is 1. The highest BCUT2D eigenvalue weighted by molar-refractivity contribution is 14.1. The van der Waals surface area contributed by atoms with Gasteiger partial charge in [0.15, 0.2) is 5.17 Å². The number of aliphatic imine (C=N–C) groups is 1. The number of amidine groups is 1. The minimum Gasteiger partial charge on any atom is -0.320 e. The molecule has 0 spiro atoms. The molecule has 2 aromatic rings. The Morgan fingerprint density at radius 1 is 1.15 bits per heavy atom. The van der Waals surface area contributed by atoms with Gasteiger partial charge >= 0.3 is 6.18 Å². The minimum atomic E-state index is -4.25. The summed E-state index contributed by atoms with van der Waals surface area (Å²) in [7, 11) is 0. The van der Waals surface area contributed by atoms with E-state index in [2.05, 4.69) is 27.6 Å². The molecule has 3 nitrogen and oxygen atoms in total. The summed E-state index contributed by atoms with van der Waals surface area (Å²) in [6.07, 6.45) is -5.17. The Bertz CT molecular complexity index is 809. The smallest absolute Gasteiger partial charge is 0.320 e. The predicted molar refractivity (Wildman–Crippen MR) is 107 cm³/mol. The summed E-state index contributed by atoms with van der Waals surface area (Å²) in [6.45, 7) is 0.160. The van der Waals surface area contributed by atoms with Crippen LogP contribution in [0.1, 0.15) is 16.8 Å². The second-order valence-electron chi connectivity index (χ2n) is 5.71. The number of anilines is 1. The Kier molecular flexibility index (Phi) is 5.91. The van der Waals surface area contributed by atoms with Crippen LogP contribution in [0.5, 0.6) is 0 Å². The van der Waals surface area contributed by atoms with E-state index in [4.69, 9.17) is 0 Å². The Morgan fingerprint density at radius 3 is 2.42 bits per heavy atom. The third-order valence-electron chi connectivity index (χ3n) is 3.70. The molecular formula is C18H14F3IN2OS. The molecule has 0 aliphatic carbocycles. The van der Waals surface area contributed by atoms with Crippen LogP contribution in [0.4, 0.5) is 18.9 Å². The normalized spacial score (nSPS) is 19.2. The van der Waals surface area contributed by atoms with Gasteiger partial charge in [-0.05, 0) is 59.0 Å². The largest absolute Gasteiger partial charge is 0.390 e. The zero-order valence-electron chi connectivity index (χ0n) is 13.4. The molecule has 1 aliphatic heterocycles. The maximum atomic E-state index is 12.8. The summed E-state index contributed by atoms with van der Waals surface area (Å²) in [5.41, 5.74) is 1.13. The van der Waals surface area contributed by atoms with Crippen LogP contribution in [0.3, 0.4) is 0 Å². The third-order valence-corrected chi connectivity index (χ3v) is 5.60. The van der Waals surface area contributed by atoms with Crippen LogP contribution in [0.15, 0.2) is 59.6 Å². The van der Waals surface area contributed by atoms with Gasteiger partial charge in [-0.3, -0.25) is 4.79 Å². The molecule has 0 bridgehead atoms. The zero-order valence-corrected chi connectivity index (χ0v) is 16.4. The highest BCUT2D eigenvalue weighted by Crippen LogP contribution is 2.37. The molecule has 1 atom stereocenters. The Labute approximate surface area is 166 Å². The van der Waals surface area contributed by atoms with Crippen LogP contribution >= 0.6 is 34.4 Å². The first-order chi connectivity index (χ1) is 12.3. The molecule has 0 saturated carbocycles. The molecule has 1 unspecified atom stereocenters. The van der Waals surface area contributed by atoms with Crippen molar-refractivity contribution in [1.82, 2.24) is 0 Å². The van der Waals surface area contributed by atoms with Crippen molar-refractivity contribution in [1.29, 1.82) is 0 Å². The molecule has 1 saturated heterocycles. The van der Waals surface area contributed by atoms with E-state index in [0.717, 1.165) is 21.0 Å². The van der Waals surface area contributed by atoms with Crippen LogP contribution in [0.25, 0.3) is 0 Å². The van der Waals surface area contributed by atoms with Gasteiger partial charge in [0.2, 0.25) is 0 Å². The molecule has 2 aromatic carbocycles. The van der Waals surface area contributed by atoms with Gasteiger partial charge in [0.05, 0.1) is 6.42 Å². The van der Waals surface area contributed by atoms with E-state index in [0.29, 0.717) is 10.7 Å². The number of hydrogen-bond acceptors (Lipinski definition) is 2. The van der Waals surface area contributed by atoms with Crippen LogP contribution in [0.2, 0.25) is 0 Å². The lowest BCUT2D eigenvalue weighted by Gasteiger charge is -2.18. The fourth-order valence-electron chi connectivity index (χ4n) is 2.55.